The van der Waals surface area contributed by atoms with E-state index in [1.807, 2.05) is 18.2 Å². The van der Waals surface area contributed by atoms with Crippen LogP contribution < -0.4 is 0 Å². The number of esters is 1. The van der Waals surface area contributed by atoms with Crippen molar-refractivity contribution in [2.45, 2.75) is 24.6 Å². The SMILES string of the molecule is CCOC(=O)CCC(Br)C(=O)c1ccccc1. The smallest absolute Gasteiger partial charge is 0.305 e. The molecule has 92 valence electrons. The van der Waals surface area contributed by atoms with Gasteiger partial charge in [0.25, 0.3) is 0 Å². The van der Waals surface area contributed by atoms with Crippen LogP contribution in [0, 0.1) is 0 Å². The molecule has 0 radical (unpaired) electrons. The van der Waals surface area contributed by atoms with E-state index < -0.39 is 0 Å². The molecule has 0 aliphatic carbocycles. The molecule has 17 heavy (non-hydrogen) atoms. The number of ketones is 1. The Kier molecular flexibility index (Phi) is 5.91. The number of hydrogen-bond acceptors (Lipinski definition) is 3. The van der Waals surface area contributed by atoms with Crippen molar-refractivity contribution in [1.29, 1.82) is 0 Å². The molecular formula is C13H15BrO3. The topological polar surface area (TPSA) is 43.4 Å². The fraction of sp³-hybridized carbons (Fsp3) is 0.385. The summed E-state index contributed by atoms with van der Waals surface area (Å²) in [6.45, 7) is 2.14. The minimum Gasteiger partial charge on any atom is -0.466 e. The van der Waals surface area contributed by atoms with Crippen molar-refractivity contribution in [3.8, 4) is 0 Å². The van der Waals surface area contributed by atoms with Gasteiger partial charge in [0.15, 0.2) is 5.78 Å². The lowest BCUT2D eigenvalue weighted by Gasteiger charge is -2.08. The molecule has 0 N–H and O–H groups in total. The zero-order valence-corrected chi connectivity index (χ0v) is 11.3. The summed E-state index contributed by atoms with van der Waals surface area (Å²) in [4.78, 5) is 22.7. The van der Waals surface area contributed by atoms with Gasteiger partial charge in [0.2, 0.25) is 0 Å². The molecule has 1 aromatic rings. The number of ether oxygens (including phenoxy) is 1. The normalized spacial score (nSPS) is 11.9. The number of carbonyl (C=O) groups excluding carboxylic acids is 2. The third kappa shape index (κ3) is 4.69. The number of benzene rings is 1. The highest BCUT2D eigenvalue weighted by Gasteiger charge is 2.18. The van der Waals surface area contributed by atoms with Crippen LogP contribution in [0.15, 0.2) is 30.3 Å². The van der Waals surface area contributed by atoms with Gasteiger partial charge in [-0.15, -0.1) is 0 Å². The maximum Gasteiger partial charge on any atom is 0.305 e. The summed E-state index contributed by atoms with van der Waals surface area (Å²) in [6.07, 6.45) is 0.703. The zero-order chi connectivity index (χ0) is 12.7. The predicted octanol–water partition coefficient (Wildman–Crippen LogP) is 2.98. The van der Waals surface area contributed by atoms with E-state index in [2.05, 4.69) is 15.9 Å². The number of Topliss-reactive ketones (excluding diaryl/α,β-unsaturated/α-hetero) is 1. The van der Waals surface area contributed by atoms with Gasteiger partial charge in [-0.3, -0.25) is 9.59 Å². The molecule has 1 unspecified atom stereocenters. The number of halogens is 1. The Morgan fingerprint density at radius 2 is 1.94 bits per heavy atom. The molecule has 0 fully saturated rings. The van der Waals surface area contributed by atoms with Crippen LogP contribution in [0.5, 0.6) is 0 Å². The largest absolute Gasteiger partial charge is 0.466 e. The van der Waals surface area contributed by atoms with Gasteiger partial charge < -0.3 is 4.74 Å². The Bertz CT molecular complexity index is 376. The Hall–Kier alpha value is -1.16. The van der Waals surface area contributed by atoms with E-state index in [0.717, 1.165) is 0 Å². The maximum absolute atomic E-state index is 11.9. The molecule has 0 saturated heterocycles. The van der Waals surface area contributed by atoms with Crippen molar-refractivity contribution in [2.24, 2.45) is 0 Å². The molecular weight excluding hydrogens is 284 g/mol. The fourth-order valence-electron chi connectivity index (χ4n) is 1.39. The van der Waals surface area contributed by atoms with E-state index in [4.69, 9.17) is 4.74 Å². The van der Waals surface area contributed by atoms with E-state index in [0.29, 0.717) is 18.6 Å². The second kappa shape index (κ2) is 7.22. The lowest BCUT2D eigenvalue weighted by molar-refractivity contribution is -0.143. The van der Waals surface area contributed by atoms with E-state index in [1.165, 1.54) is 0 Å². The molecule has 4 heteroatoms. The van der Waals surface area contributed by atoms with E-state index in [-0.39, 0.29) is 23.0 Å². The highest BCUT2D eigenvalue weighted by atomic mass is 79.9. The highest BCUT2D eigenvalue weighted by molar-refractivity contribution is 9.10. The van der Waals surface area contributed by atoms with Crippen LogP contribution in [0.1, 0.15) is 30.1 Å². The first-order valence-electron chi connectivity index (χ1n) is 5.54. The molecule has 1 rings (SSSR count). The van der Waals surface area contributed by atoms with Crippen molar-refractivity contribution in [2.75, 3.05) is 6.61 Å². The van der Waals surface area contributed by atoms with Crippen LogP contribution in [0.2, 0.25) is 0 Å². The highest BCUT2D eigenvalue weighted by Crippen LogP contribution is 2.15. The summed E-state index contributed by atoms with van der Waals surface area (Å²) >= 11 is 3.30. The molecule has 0 heterocycles. The lowest BCUT2D eigenvalue weighted by Crippen LogP contribution is -2.16. The first kappa shape index (κ1) is 13.9. The lowest BCUT2D eigenvalue weighted by atomic mass is 10.1. The molecule has 1 atom stereocenters. The maximum atomic E-state index is 11.9. The summed E-state index contributed by atoms with van der Waals surface area (Å²) in [5.74, 6) is -0.271. The Labute approximate surface area is 109 Å². The first-order chi connectivity index (χ1) is 8.15. The summed E-state index contributed by atoms with van der Waals surface area (Å²) in [6, 6.07) is 9.02. The molecule has 0 aliphatic heterocycles. The summed E-state index contributed by atoms with van der Waals surface area (Å²) in [5.41, 5.74) is 0.651. The first-order valence-corrected chi connectivity index (χ1v) is 6.45. The van der Waals surface area contributed by atoms with Gasteiger partial charge >= 0.3 is 5.97 Å². The molecule has 3 nitrogen and oxygen atoms in total. The number of carbonyl (C=O) groups is 2. The van der Waals surface area contributed by atoms with E-state index in [1.54, 1.807) is 19.1 Å². The molecule has 0 spiro atoms. The average Bonchev–Trinajstić information content (AvgIpc) is 2.36. The summed E-state index contributed by atoms with van der Waals surface area (Å²) in [5, 5.41) is 0. The predicted molar refractivity (Wildman–Crippen MR) is 69.4 cm³/mol. The number of alkyl halides is 1. The molecule has 1 aromatic carbocycles. The number of rotatable bonds is 6. The van der Waals surface area contributed by atoms with Gasteiger partial charge in [-0.1, -0.05) is 46.3 Å². The zero-order valence-electron chi connectivity index (χ0n) is 9.69. The van der Waals surface area contributed by atoms with E-state index in [9.17, 15) is 9.59 Å². The Balaban J connectivity index is 2.45. The van der Waals surface area contributed by atoms with Crippen LogP contribution in [-0.4, -0.2) is 23.2 Å². The molecule has 0 aromatic heterocycles. The van der Waals surface area contributed by atoms with Crippen molar-refractivity contribution >= 4 is 27.7 Å². The van der Waals surface area contributed by atoms with Crippen LogP contribution >= 0.6 is 15.9 Å². The second-order valence-electron chi connectivity index (χ2n) is 3.54. The average molecular weight is 299 g/mol. The third-order valence-corrected chi connectivity index (χ3v) is 3.12. The van der Waals surface area contributed by atoms with Crippen molar-refractivity contribution < 1.29 is 14.3 Å². The third-order valence-electron chi connectivity index (χ3n) is 2.25. The quantitative estimate of drug-likeness (QED) is 0.461. The molecule has 0 saturated carbocycles. The van der Waals surface area contributed by atoms with Crippen molar-refractivity contribution in [3.63, 3.8) is 0 Å². The monoisotopic (exact) mass is 298 g/mol. The van der Waals surface area contributed by atoms with Crippen LogP contribution in [0.3, 0.4) is 0 Å². The van der Waals surface area contributed by atoms with Gasteiger partial charge in [0.1, 0.15) is 0 Å². The minimum absolute atomic E-state index is 0.00472. The molecule has 0 amide bonds. The standard InChI is InChI=1S/C13H15BrO3/c1-2-17-12(15)9-8-11(14)13(16)10-6-4-3-5-7-10/h3-7,11H,2,8-9H2,1H3. The van der Waals surface area contributed by atoms with Crippen LogP contribution in [-0.2, 0) is 9.53 Å². The van der Waals surface area contributed by atoms with Crippen LogP contribution in [0.4, 0.5) is 0 Å². The van der Waals surface area contributed by atoms with Gasteiger partial charge in [-0.05, 0) is 13.3 Å². The van der Waals surface area contributed by atoms with E-state index >= 15 is 0 Å². The second-order valence-corrected chi connectivity index (χ2v) is 4.65. The Morgan fingerprint density at radius 1 is 1.29 bits per heavy atom. The minimum atomic E-state index is -0.339. The van der Waals surface area contributed by atoms with Gasteiger partial charge in [-0.2, -0.15) is 0 Å². The summed E-state index contributed by atoms with van der Waals surface area (Å²) < 4.78 is 4.81. The van der Waals surface area contributed by atoms with Gasteiger partial charge in [-0.25, -0.2) is 0 Å². The molecule has 0 bridgehead atoms. The Morgan fingerprint density at radius 3 is 2.53 bits per heavy atom. The van der Waals surface area contributed by atoms with Crippen molar-refractivity contribution in [3.05, 3.63) is 35.9 Å². The molecule has 0 aliphatic rings. The van der Waals surface area contributed by atoms with Crippen LogP contribution in [0.25, 0.3) is 0 Å². The van der Waals surface area contributed by atoms with Gasteiger partial charge in [0, 0.05) is 12.0 Å². The van der Waals surface area contributed by atoms with Gasteiger partial charge in [0.05, 0.1) is 11.4 Å². The number of hydrogen-bond donors (Lipinski definition) is 0. The van der Waals surface area contributed by atoms with Crippen molar-refractivity contribution in [1.82, 2.24) is 0 Å². The summed E-state index contributed by atoms with van der Waals surface area (Å²) in [7, 11) is 0. The fourth-order valence-corrected chi connectivity index (χ4v) is 1.89.